The number of nitrogens with zero attached hydrogens (tertiary/aromatic N) is 1. The van der Waals surface area contributed by atoms with Gasteiger partial charge in [-0.05, 0) is 42.7 Å². The SMILES string of the molecule is Cc1cc(S(=O)(=O)N(C)CCc2ccccc2)ccc1F. The second kappa shape index (κ2) is 6.37. The molecule has 2 aromatic rings. The summed E-state index contributed by atoms with van der Waals surface area (Å²) in [4.78, 5) is 0.122. The van der Waals surface area contributed by atoms with Crippen molar-refractivity contribution < 1.29 is 12.8 Å². The Bertz CT molecular complexity index is 714. The van der Waals surface area contributed by atoms with Gasteiger partial charge in [0.15, 0.2) is 0 Å². The summed E-state index contributed by atoms with van der Waals surface area (Å²) in [6.45, 7) is 1.93. The average molecular weight is 307 g/mol. The van der Waals surface area contributed by atoms with Crippen LogP contribution in [0.15, 0.2) is 53.4 Å². The van der Waals surface area contributed by atoms with E-state index in [2.05, 4.69) is 0 Å². The number of halogens is 1. The van der Waals surface area contributed by atoms with Crippen LogP contribution >= 0.6 is 0 Å². The lowest BCUT2D eigenvalue weighted by molar-refractivity contribution is 0.472. The van der Waals surface area contributed by atoms with Crippen molar-refractivity contribution in [1.82, 2.24) is 4.31 Å². The molecule has 2 rings (SSSR count). The quantitative estimate of drug-likeness (QED) is 0.851. The molecule has 0 amide bonds. The summed E-state index contributed by atoms with van der Waals surface area (Å²) in [5.74, 6) is -0.402. The molecule has 0 N–H and O–H groups in total. The van der Waals surface area contributed by atoms with Crippen molar-refractivity contribution in [3.8, 4) is 0 Å². The number of sulfonamides is 1. The van der Waals surface area contributed by atoms with Crippen LogP contribution in [-0.4, -0.2) is 26.3 Å². The van der Waals surface area contributed by atoms with E-state index in [0.29, 0.717) is 18.5 Å². The van der Waals surface area contributed by atoms with Crippen LogP contribution in [0.1, 0.15) is 11.1 Å². The van der Waals surface area contributed by atoms with Crippen LogP contribution in [0.2, 0.25) is 0 Å². The zero-order chi connectivity index (χ0) is 15.5. The Morgan fingerprint density at radius 1 is 1.10 bits per heavy atom. The summed E-state index contributed by atoms with van der Waals surface area (Å²) in [7, 11) is -2.04. The van der Waals surface area contributed by atoms with E-state index in [1.807, 2.05) is 30.3 Å². The Labute approximate surface area is 125 Å². The van der Waals surface area contributed by atoms with Crippen molar-refractivity contribution >= 4 is 10.0 Å². The number of hydrogen-bond acceptors (Lipinski definition) is 2. The zero-order valence-corrected chi connectivity index (χ0v) is 12.9. The third-order valence-electron chi connectivity index (χ3n) is 3.40. The van der Waals surface area contributed by atoms with E-state index >= 15 is 0 Å². The third-order valence-corrected chi connectivity index (χ3v) is 5.25. The van der Waals surface area contributed by atoms with Crippen LogP contribution in [0.25, 0.3) is 0 Å². The molecule has 112 valence electrons. The normalized spacial score (nSPS) is 11.8. The lowest BCUT2D eigenvalue weighted by Gasteiger charge is -2.17. The average Bonchev–Trinajstić information content (AvgIpc) is 2.48. The molecule has 0 saturated heterocycles. The minimum absolute atomic E-state index is 0.122. The van der Waals surface area contributed by atoms with Crippen LogP contribution in [0, 0.1) is 12.7 Å². The zero-order valence-electron chi connectivity index (χ0n) is 12.1. The monoisotopic (exact) mass is 307 g/mol. The summed E-state index contributed by atoms with van der Waals surface area (Å²) in [5, 5.41) is 0. The van der Waals surface area contributed by atoms with Gasteiger partial charge in [-0.3, -0.25) is 0 Å². The summed E-state index contributed by atoms with van der Waals surface area (Å²) in [6.07, 6.45) is 0.636. The largest absolute Gasteiger partial charge is 0.242 e. The van der Waals surface area contributed by atoms with E-state index in [-0.39, 0.29) is 4.90 Å². The van der Waals surface area contributed by atoms with Crippen molar-refractivity contribution in [2.45, 2.75) is 18.2 Å². The van der Waals surface area contributed by atoms with Gasteiger partial charge in [0.2, 0.25) is 10.0 Å². The van der Waals surface area contributed by atoms with Crippen molar-refractivity contribution in [3.05, 3.63) is 65.5 Å². The predicted octanol–water partition coefficient (Wildman–Crippen LogP) is 3.00. The molecular formula is C16H18FNO2S. The van der Waals surface area contributed by atoms with Gasteiger partial charge in [-0.25, -0.2) is 17.1 Å². The van der Waals surface area contributed by atoms with Crippen molar-refractivity contribution in [3.63, 3.8) is 0 Å². The number of rotatable bonds is 5. The van der Waals surface area contributed by atoms with Crippen LogP contribution in [0.4, 0.5) is 4.39 Å². The summed E-state index contributed by atoms with van der Waals surface area (Å²) in [6, 6.07) is 13.5. The topological polar surface area (TPSA) is 37.4 Å². The van der Waals surface area contributed by atoms with Gasteiger partial charge < -0.3 is 0 Å². The smallest absolute Gasteiger partial charge is 0.207 e. The summed E-state index contributed by atoms with van der Waals surface area (Å²) >= 11 is 0. The fraction of sp³-hybridized carbons (Fsp3) is 0.250. The predicted molar refractivity (Wildman–Crippen MR) is 81.1 cm³/mol. The molecule has 5 heteroatoms. The molecule has 0 fully saturated rings. The first-order valence-corrected chi connectivity index (χ1v) is 8.11. The van der Waals surface area contributed by atoms with Gasteiger partial charge in [-0.2, -0.15) is 0 Å². The maximum atomic E-state index is 13.2. The first kappa shape index (κ1) is 15.7. The summed E-state index contributed by atoms with van der Waals surface area (Å²) in [5.41, 5.74) is 1.40. The van der Waals surface area contributed by atoms with Crippen LogP contribution in [-0.2, 0) is 16.4 Å². The van der Waals surface area contributed by atoms with E-state index < -0.39 is 15.8 Å². The highest BCUT2D eigenvalue weighted by Crippen LogP contribution is 2.18. The van der Waals surface area contributed by atoms with Gasteiger partial charge in [0.05, 0.1) is 4.90 Å². The molecule has 3 nitrogen and oxygen atoms in total. The molecule has 0 aliphatic rings. The number of benzene rings is 2. The highest BCUT2D eigenvalue weighted by atomic mass is 32.2. The molecule has 0 heterocycles. The lowest BCUT2D eigenvalue weighted by atomic mass is 10.2. The molecule has 0 aliphatic heterocycles. The molecule has 0 aromatic heterocycles. The van der Waals surface area contributed by atoms with Gasteiger partial charge in [-0.1, -0.05) is 30.3 Å². The number of hydrogen-bond donors (Lipinski definition) is 0. The van der Waals surface area contributed by atoms with Gasteiger partial charge >= 0.3 is 0 Å². The molecule has 21 heavy (non-hydrogen) atoms. The Morgan fingerprint density at radius 2 is 1.76 bits per heavy atom. The first-order chi connectivity index (χ1) is 9.91. The highest BCUT2D eigenvalue weighted by Gasteiger charge is 2.21. The molecule has 0 unspecified atom stereocenters. The lowest BCUT2D eigenvalue weighted by Crippen LogP contribution is -2.29. The second-order valence-electron chi connectivity index (χ2n) is 4.97. The molecule has 0 atom stereocenters. The Balaban J connectivity index is 2.13. The van der Waals surface area contributed by atoms with E-state index in [0.717, 1.165) is 5.56 Å². The molecule has 0 radical (unpaired) electrons. The third kappa shape index (κ3) is 3.68. The van der Waals surface area contributed by atoms with E-state index in [4.69, 9.17) is 0 Å². The Morgan fingerprint density at radius 3 is 2.38 bits per heavy atom. The molecule has 0 spiro atoms. The molecule has 2 aromatic carbocycles. The minimum atomic E-state index is -3.58. The van der Waals surface area contributed by atoms with E-state index in [1.54, 1.807) is 6.92 Å². The van der Waals surface area contributed by atoms with E-state index in [1.165, 1.54) is 29.6 Å². The van der Waals surface area contributed by atoms with Crippen LogP contribution in [0.5, 0.6) is 0 Å². The Hall–Kier alpha value is -1.72. The van der Waals surface area contributed by atoms with Gasteiger partial charge in [-0.15, -0.1) is 0 Å². The maximum absolute atomic E-state index is 13.2. The first-order valence-electron chi connectivity index (χ1n) is 6.67. The molecule has 0 saturated carbocycles. The summed E-state index contributed by atoms with van der Waals surface area (Å²) < 4.78 is 39.4. The van der Waals surface area contributed by atoms with Gasteiger partial charge in [0.1, 0.15) is 5.82 Å². The maximum Gasteiger partial charge on any atom is 0.242 e. The van der Waals surface area contributed by atoms with E-state index in [9.17, 15) is 12.8 Å². The van der Waals surface area contributed by atoms with Crippen LogP contribution in [0.3, 0.4) is 0 Å². The fourth-order valence-electron chi connectivity index (χ4n) is 2.01. The molecule has 0 aliphatic carbocycles. The second-order valence-corrected chi connectivity index (χ2v) is 7.02. The van der Waals surface area contributed by atoms with Gasteiger partial charge in [0.25, 0.3) is 0 Å². The molecule has 0 bridgehead atoms. The van der Waals surface area contributed by atoms with Crippen molar-refractivity contribution in [2.24, 2.45) is 0 Å². The number of aryl methyl sites for hydroxylation is 1. The fourth-order valence-corrected chi connectivity index (χ4v) is 3.27. The highest BCUT2D eigenvalue weighted by molar-refractivity contribution is 7.89. The van der Waals surface area contributed by atoms with Crippen LogP contribution < -0.4 is 0 Å². The standard InChI is InChI=1S/C16H18FNO2S/c1-13-12-15(8-9-16(13)17)21(19,20)18(2)11-10-14-6-4-3-5-7-14/h3-9,12H,10-11H2,1-2H3. The number of likely N-dealkylation sites (N-methyl/N-ethyl adjacent to an activating group) is 1. The molecular weight excluding hydrogens is 289 g/mol. The van der Waals surface area contributed by atoms with Gasteiger partial charge in [0, 0.05) is 13.6 Å². The van der Waals surface area contributed by atoms with Crippen molar-refractivity contribution in [1.29, 1.82) is 0 Å². The Kier molecular flexibility index (Phi) is 4.75. The van der Waals surface area contributed by atoms with Crippen molar-refractivity contribution in [2.75, 3.05) is 13.6 Å². The minimum Gasteiger partial charge on any atom is -0.207 e.